The van der Waals surface area contributed by atoms with Gasteiger partial charge in [0.2, 0.25) is 0 Å². The number of anilines is 1. The molecule has 1 heterocycles. The summed E-state index contributed by atoms with van der Waals surface area (Å²) in [5.41, 5.74) is 11.9. The van der Waals surface area contributed by atoms with Gasteiger partial charge in [-0.15, -0.1) is 0 Å². The Morgan fingerprint density at radius 2 is 1.35 bits per heavy atom. The van der Waals surface area contributed by atoms with Gasteiger partial charge in [-0.1, -0.05) is 54.6 Å². The van der Waals surface area contributed by atoms with E-state index in [9.17, 15) is 9.59 Å². The van der Waals surface area contributed by atoms with Gasteiger partial charge in [-0.3, -0.25) is 9.78 Å². The zero-order valence-corrected chi connectivity index (χ0v) is 18.0. The monoisotopic (exact) mass is 454 g/mol. The van der Waals surface area contributed by atoms with Gasteiger partial charge in [-0.2, -0.15) is 5.10 Å². The van der Waals surface area contributed by atoms with Gasteiger partial charge < -0.3 is 15.9 Å². The number of hydrazone groups is 1. The molecule has 4 aromatic rings. The van der Waals surface area contributed by atoms with Gasteiger partial charge in [-0.25, -0.2) is 10.2 Å². The minimum absolute atomic E-state index is 0.0671. The van der Waals surface area contributed by atoms with Crippen molar-refractivity contribution in [3.63, 3.8) is 0 Å². The SMILES string of the molecule is Nc1ccc(/C(=N/NC(=O)c2ccncc2)c2ccccc2)cc1.O=C(O)c1ccccc1O. The molecule has 0 fully saturated rings. The summed E-state index contributed by atoms with van der Waals surface area (Å²) in [5, 5.41) is 21.6. The largest absolute Gasteiger partial charge is 0.507 e. The first kappa shape index (κ1) is 23.7. The molecule has 0 atom stereocenters. The van der Waals surface area contributed by atoms with Crippen LogP contribution in [0, 0.1) is 0 Å². The number of rotatable bonds is 5. The van der Waals surface area contributed by atoms with Gasteiger partial charge in [0.05, 0.1) is 5.71 Å². The zero-order chi connectivity index (χ0) is 24.3. The molecular weight excluding hydrogens is 432 g/mol. The Morgan fingerprint density at radius 3 is 1.94 bits per heavy atom. The number of carboxylic acid groups (broad SMARTS) is 1. The highest BCUT2D eigenvalue weighted by atomic mass is 16.4. The number of aromatic nitrogens is 1. The summed E-state index contributed by atoms with van der Waals surface area (Å²) in [4.78, 5) is 26.4. The number of aromatic carboxylic acids is 1. The summed E-state index contributed by atoms with van der Waals surface area (Å²) in [6.07, 6.45) is 3.13. The van der Waals surface area contributed by atoms with Gasteiger partial charge in [0, 0.05) is 34.8 Å². The summed E-state index contributed by atoms with van der Waals surface area (Å²) in [6, 6.07) is 26.1. The second-order valence-electron chi connectivity index (χ2n) is 6.95. The fraction of sp³-hybridized carbons (Fsp3) is 0. The van der Waals surface area contributed by atoms with Crippen molar-refractivity contribution in [2.45, 2.75) is 0 Å². The van der Waals surface area contributed by atoms with Gasteiger partial charge >= 0.3 is 5.97 Å². The fourth-order valence-corrected chi connectivity index (χ4v) is 2.86. The summed E-state index contributed by atoms with van der Waals surface area (Å²) < 4.78 is 0. The highest BCUT2D eigenvalue weighted by Crippen LogP contribution is 2.15. The van der Waals surface area contributed by atoms with Crippen LogP contribution in [0.4, 0.5) is 5.69 Å². The van der Waals surface area contributed by atoms with Crippen molar-refractivity contribution in [3.05, 3.63) is 126 Å². The van der Waals surface area contributed by atoms with E-state index < -0.39 is 5.97 Å². The Morgan fingerprint density at radius 1 is 0.765 bits per heavy atom. The van der Waals surface area contributed by atoms with Crippen molar-refractivity contribution >= 4 is 23.3 Å². The highest BCUT2D eigenvalue weighted by molar-refractivity contribution is 6.13. The first-order valence-corrected chi connectivity index (χ1v) is 10.2. The number of pyridine rings is 1. The Balaban J connectivity index is 0.000000271. The van der Waals surface area contributed by atoms with Gasteiger partial charge in [-0.05, 0) is 36.4 Å². The number of benzene rings is 3. The van der Waals surface area contributed by atoms with E-state index in [2.05, 4.69) is 15.5 Å². The number of carbonyl (C=O) groups is 2. The predicted molar refractivity (Wildman–Crippen MR) is 130 cm³/mol. The van der Waals surface area contributed by atoms with Crippen molar-refractivity contribution in [1.29, 1.82) is 0 Å². The average molecular weight is 454 g/mol. The van der Waals surface area contributed by atoms with Crippen molar-refractivity contribution in [3.8, 4) is 5.75 Å². The molecule has 34 heavy (non-hydrogen) atoms. The second-order valence-corrected chi connectivity index (χ2v) is 6.95. The first-order chi connectivity index (χ1) is 16.5. The average Bonchev–Trinajstić information content (AvgIpc) is 2.87. The third-order valence-electron chi connectivity index (χ3n) is 4.58. The smallest absolute Gasteiger partial charge is 0.339 e. The molecule has 8 nitrogen and oxygen atoms in total. The van der Waals surface area contributed by atoms with E-state index >= 15 is 0 Å². The normalized spacial score (nSPS) is 10.5. The van der Waals surface area contributed by atoms with Crippen LogP contribution in [0.2, 0.25) is 0 Å². The lowest BCUT2D eigenvalue weighted by atomic mass is 10.0. The van der Waals surface area contributed by atoms with Gasteiger partial charge in [0.1, 0.15) is 11.3 Å². The molecule has 0 aliphatic carbocycles. The summed E-state index contributed by atoms with van der Waals surface area (Å²) in [7, 11) is 0. The van der Waals surface area contributed by atoms with E-state index in [1.165, 1.54) is 12.1 Å². The van der Waals surface area contributed by atoms with Crippen LogP contribution in [-0.4, -0.2) is 32.8 Å². The van der Waals surface area contributed by atoms with E-state index in [1.807, 2.05) is 42.5 Å². The first-order valence-electron chi connectivity index (χ1n) is 10.2. The molecule has 0 saturated heterocycles. The maximum absolute atomic E-state index is 12.2. The van der Waals surface area contributed by atoms with Crippen molar-refractivity contribution in [1.82, 2.24) is 10.4 Å². The Bertz CT molecular complexity index is 1280. The number of nitrogen functional groups attached to an aromatic ring is 1. The number of carbonyl (C=O) groups excluding carboxylic acids is 1. The topological polar surface area (TPSA) is 138 Å². The van der Waals surface area contributed by atoms with Crippen molar-refractivity contribution in [2.75, 3.05) is 5.73 Å². The number of nitrogens with two attached hydrogens (primary N) is 1. The number of para-hydroxylation sites is 1. The van der Waals surface area contributed by atoms with Gasteiger partial charge in [0.15, 0.2) is 0 Å². The van der Waals surface area contributed by atoms with E-state index in [0.717, 1.165) is 11.1 Å². The van der Waals surface area contributed by atoms with Crippen LogP contribution in [0.1, 0.15) is 31.8 Å². The lowest BCUT2D eigenvalue weighted by molar-refractivity contribution is 0.0693. The fourth-order valence-electron chi connectivity index (χ4n) is 2.86. The zero-order valence-electron chi connectivity index (χ0n) is 18.0. The van der Waals surface area contributed by atoms with Crippen molar-refractivity contribution in [2.24, 2.45) is 5.10 Å². The summed E-state index contributed by atoms with van der Waals surface area (Å²) >= 11 is 0. The molecule has 0 radical (unpaired) electrons. The Labute approximate surface area is 196 Å². The highest BCUT2D eigenvalue weighted by Gasteiger charge is 2.09. The number of carboxylic acids is 1. The standard InChI is InChI=1S/C19H16N4O.C7H6O3/c20-17-8-6-15(7-9-17)18(14-4-2-1-3-5-14)22-23-19(24)16-10-12-21-13-11-16;8-6-4-2-1-3-5(6)7(9)10/h1-13H,20H2,(H,23,24);1-4,8H,(H,9,10)/b22-18+;. The predicted octanol–water partition coefficient (Wildman–Crippen LogP) is 3.94. The van der Waals surface area contributed by atoms with Gasteiger partial charge in [0.25, 0.3) is 5.91 Å². The second kappa shape index (κ2) is 11.6. The number of hydrogen-bond acceptors (Lipinski definition) is 6. The van der Waals surface area contributed by atoms with Crippen LogP contribution < -0.4 is 11.2 Å². The number of hydrogen-bond donors (Lipinski definition) is 4. The molecule has 5 N–H and O–H groups in total. The minimum Gasteiger partial charge on any atom is -0.507 e. The maximum atomic E-state index is 12.2. The molecule has 1 amide bonds. The van der Waals surface area contributed by atoms with Crippen LogP contribution in [-0.2, 0) is 0 Å². The van der Waals surface area contributed by atoms with Crippen LogP contribution in [0.5, 0.6) is 5.75 Å². The van der Waals surface area contributed by atoms with E-state index in [0.29, 0.717) is 17.0 Å². The van der Waals surface area contributed by atoms with Crippen LogP contribution in [0.3, 0.4) is 0 Å². The molecule has 3 aromatic carbocycles. The molecule has 0 spiro atoms. The molecule has 4 rings (SSSR count). The van der Waals surface area contributed by atoms with Crippen LogP contribution in [0.15, 0.2) is 108 Å². The maximum Gasteiger partial charge on any atom is 0.339 e. The number of nitrogens with zero attached hydrogens (tertiary/aromatic N) is 2. The summed E-state index contributed by atoms with van der Waals surface area (Å²) in [5.74, 6) is -1.60. The van der Waals surface area contributed by atoms with E-state index in [-0.39, 0.29) is 17.2 Å². The number of nitrogens with one attached hydrogen (secondary N) is 1. The molecule has 0 bridgehead atoms. The molecule has 0 aliphatic rings. The third-order valence-corrected chi connectivity index (χ3v) is 4.58. The number of aromatic hydroxyl groups is 1. The van der Waals surface area contributed by atoms with Crippen molar-refractivity contribution < 1.29 is 19.8 Å². The minimum atomic E-state index is -1.11. The lowest BCUT2D eigenvalue weighted by Crippen LogP contribution is -2.20. The molecule has 8 heteroatoms. The Hall–Kier alpha value is -4.98. The lowest BCUT2D eigenvalue weighted by Gasteiger charge is -2.08. The van der Waals surface area contributed by atoms with Crippen LogP contribution in [0.25, 0.3) is 0 Å². The van der Waals surface area contributed by atoms with E-state index in [4.69, 9.17) is 15.9 Å². The molecule has 0 unspecified atom stereocenters. The van der Waals surface area contributed by atoms with Crippen LogP contribution >= 0.6 is 0 Å². The number of amides is 1. The molecule has 0 aliphatic heterocycles. The number of phenols is 1. The summed E-state index contributed by atoms with van der Waals surface area (Å²) in [6.45, 7) is 0. The molecular formula is C26H22N4O4. The molecule has 1 aromatic heterocycles. The molecule has 170 valence electrons. The quantitative estimate of drug-likeness (QED) is 0.205. The third kappa shape index (κ3) is 6.51. The Kier molecular flexibility index (Phi) is 8.07. The van der Waals surface area contributed by atoms with E-state index in [1.54, 1.807) is 48.8 Å². The molecule has 0 saturated carbocycles.